The van der Waals surface area contributed by atoms with Gasteiger partial charge in [-0.15, -0.1) is 11.3 Å². The summed E-state index contributed by atoms with van der Waals surface area (Å²) in [6.07, 6.45) is 2.17. The fraction of sp³-hybridized carbons (Fsp3) is 0.409. The number of Topliss-reactive ketones (excluding diaryl/α,β-unsaturated/α-hetero) is 1. The van der Waals surface area contributed by atoms with Gasteiger partial charge in [0.25, 0.3) is 0 Å². The number of halogens is 1. The molecular formula is C22H24ClN3O4S. The van der Waals surface area contributed by atoms with Gasteiger partial charge in [0.05, 0.1) is 27.1 Å². The van der Waals surface area contributed by atoms with Crippen molar-refractivity contribution in [1.82, 2.24) is 0 Å². The number of cyclic esters (lactones) is 1. The molecule has 164 valence electrons. The molecule has 1 aromatic carbocycles. The van der Waals surface area contributed by atoms with Gasteiger partial charge in [0.1, 0.15) is 6.10 Å². The topological polar surface area (TPSA) is 79.0 Å². The summed E-state index contributed by atoms with van der Waals surface area (Å²) in [6.45, 7) is 3.73. The molecule has 4 rings (SSSR count). The molecule has 3 heterocycles. The van der Waals surface area contributed by atoms with Crippen LogP contribution in [0.25, 0.3) is 0 Å². The maximum absolute atomic E-state index is 12.5. The molecule has 0 aliphatic carbocycles. The molecule has 0 saturated carbocycles. The standard InChI is InChI=1S/C22H24ClN3O4S/c1-14(27)24-17-12-15(4-6-18(17)25-10-2-3-11-25)26-13-16(30-22(26)29)5-7-19(28)20-8-9-21(23)31-20/h4,6,8-9,12,16H,2-3,5,7,10-11,13H2,1H3,(H,24,27). The van der Waals surface area contributed by atoms with Crippen molar-refractivity contribution >= 4 is 57.8 Å². The van der Waals surface area contributed by atoms with Crippen LogP contribution >= 0.6 is 22.9 Å². The zero-order valence-electron chi connectivity index (χ0n) is 17.2. The van der Waals surface area contributed by atoms with E-state index in [-0.39, 0.29) is 24.2 Å². The van der Waals surface area contributed by atoms with Crippen LogP contribution in [-0.4, -0.2) is 43.5 Å². The number of nitrogens with one attached hydrogen (secondary N) is 1. The zero-order valence-corrected chi connectivity index (χ0v) is 18.8. The van der Waals surface area contributed by atoms with Gasteiger partial charge < -0.3 is 15.0 Å². The van der Waals surface area contributed by atoms with Crippen LogP contribution in [0.5, 0.6) is 0 Å². The predicted molar refractivity (Wildman–Crippen MR) is 123 cm³/mol. The molecule has 2 amide bonds. The third kappa shape index (κ3) is 5.02. The number of anilines is 3. The van der Waals surface area contributed by atoms with Gasteiger partial charge >= 0.3 is 6.09 Å². The Labute approximate surface area is 189 Å². The molecule has 1 unspecified atom stereocenters. The van der Waals surface area contributed by atoms with Crippen LogP contribution in [0.4, 0.5) is 21.9 Å². The SMILES string of the molecule is CC(=O)Nc1cc(N2CC(CCC(=O)c3ccc(Cl)s3)OC2=O)ccc1N1CCCC1. The number of nitrogens with zero attached hydrogens (tertiary/aromatic N) is 2. The average Bonchev–Trinajstić information content (AvgIpc) is 3.47. The van der Waals surface area contributed by atoms with Crippen LogP contribution in [0.3, 0.4) is 0 Å². The Hall–Kier alpha value is -2.58. The minimum absolute atomic E-state index is 0.00527. The number of carbonyl (C=O) groups is 3. The molecule has 0 spiro atoms. The Morgan fingerprint density at radius 2 is 2.00 bits per heavy atom. The minimum atomic E-state index is -0.445. The maximum atomic E-state index is 12.5. The summed E-state index contributed by atoms with van der Waals surface area (Å²) in [7, 11) is 0. The number of carbonyl (C=O) groups excluding carboxylic acids is 3. The van der Waals surface area contributed by atoms with Gasteiger partial charge in [0.15, 0.2) is 5.78 Å². The Kier molecular flexibility index (Phi) is 6.48. The number of hydrogen-bond donors (Lipinski definition) is 1. The lowest BCUT2D eigenvalue weighted by molar-refractivity contribution is -0.114. The first-order valence-corrected chi connectivity index (χ1v) is 11.5. The lowest BCUT2D eigenvalue weighted by atomic mass is 10.1. The highest BCUT2D eigenvalue weighted by Gasteiger charge is 2.33. The molecule has 2 aliphatic heterocycles. The van der Waals surface area contributed by atoms with E-state index in [1.807, 2.05) is 18.2 Å². The normalized spacial score (nSPS) is 18.4. The summed E-state index contributed by atoms with van der Waals surface area (Å²) in [5, 5.41) is 2.89. The second kappa shape index (κ2) is 9.28. The number of thiophene rings is 1. The second-order valence-corrected chi connectivity index (χ2v) is 9.47. The molecule has 2 saturated heterocycles. The summed E-state index contributed by atoms with van der Waals surface area (Å²) >= 11 is 7.15. The van der Waals surface area contributed by atoms with Crippen LogP contribution in [0.15, 0.2) is 30.3 Å². The summed E-state index contributed by atoms with van der Waals surface area (Å²) in [5.74, 6) is -0.166. The van der Waals surface area contributed by atoms with E-state index in [0.717, 1.165) is 31.6 Å². The quantitative estimate of drug-likeness (QED) is 0.590. The summed E-state index contributed by atoms with van der Waals surface area (Å²) < 4.78 is 6.06. The fourth-order valence-corrected chi connectivity index (χ4v) is 4.99. The largest absolute Gasteiger partial charge is 0.444 e. The van der Waals surface area contributed by atoms with Crippen LogP contribution in [0.2, 0.25) is 4.34 Å². The third-order valence-corrected chi connectivity index (χ3v) is 6.74. The van der Waals surface area contributed by atoms with Crippen molar-refractivity contribution in [1.29, 1.82) is 0 Å². The molecule has 2 aliphatic rings. The second-order valence-electron chi connectivity index (χ2n) is 7.76. The van der Waals surface area contributed by atoms with Crippen molar-refractivity contribution in [2.45, 2.75) is 38.7 Å². The number of benzene rings is 1. The summed E-state index contributed by atoms with van der Waals surface area (Å²) in [6, 6.07) is 9.05. The van der Waals surface area contributed by atoms with Gasteiger partial charge in [-0.25, -0.2) is 4.79 Å². The molecular weight excluding hydrogens is 438 g/mol. The van der Waals surface area contributed by atoms with E-state index >= 15 is 0 Å². The number of hydrogen-bond acceptors (Lipinski definition) is 6. The number of ether oxygens (including phenoxy) is 1. The monoisotopic (exact) mass is 461 g/mol. The Morgan fingerprint density at radius 3 is 2.68 bits per heavy atom. The van der Waals surface area contributed by atoms with E-state index < -0.39 is 6.09 Å². The van der Waals surface area contributed by atoms with Crippen molar-refractivity contribution in [3.8, 4) is 0 Å². The minimum Gasteiger partial charge on any atom is -0.444 e. The first-order chi connectivity index (χ1) is 14.9. The predicted octanol–water partition coefficient (Wildman–Crippen LogP) is 4.95. The van der Waals surface area contributed by atoms with E-state index in [0.29, 0.717) is 33.6 Å². The van der Waals surface area contributed by atoms with Crippen LogP contribution in [-0.2, 0) is 9.53 Å². The molecule has 0 bridgehead atoms. The van der Waals surface area contributed by atoms with Gasteiger partial charge in [-0.05, 0) is 49.6 Å². The van der Waals surface area contributed by atoms with Crippen LogP contribution < -0.4 is 15.1 Å². The molecule has 2 aromatic rings. The van der Waals surface area contributed by atoms with Gasteiger partial charge in [-0.3, -0.25) is 14.5 Å². The average molecular weight is 462 g/mol. The van der Waals surface area contributed by atoms with Gasteiger partial charge in [0, 0.05) is 32.1 Å². The van der Waals surface area contributed by atoms with Crippen LogP contribution in [0, 0.1) is 0 Å². The molecule has 7 nitrogen and oxygen atoms in total. The highest BCUT2D eigenvalue weighted by atomic mass is 35.5. The van der Waals surface area contributed by atoms with E-state index in [2.05, 4.69) is 10.2 Å². The molecule has 31 heavy (non-hydrogen) atoms. The Bertz CT molecular complexity index is 1000. The zero-order chi connectivity index (χ0) is 22.0. The summed E-state index contributed by atoms with van der Waals surface area (Å²) in [4.78, 5) is 40.9. The number of rotatable bonds is 7. The summed E-state index contributed by atoms with van der Waals surface area (Å²) in [5.41, 5.74) is 2.31. The van der Waals surface area contributed by atoms with E-state index in [4.69, 9.17) is 16.3 Å². The highest BCUT2D eigenvalue weighted by Crippen LogP contribution is 2.35. The molecule has 1 aromatic heterocycles. The molecule has 1 N–H and O–H groups in total. The lowest BCUT2D eigenvalue weighted by Gasteiger charge is -2.23. The first kappa shape index (κ1) is 21.6. The van der Waals surface area contributed by atoms with Crippen molar-refractivity contribution in [3.63, 3.8) is 0 Å². The highest BCUT2D eigenvalue weighted by molar-refractivity contribution is 7.18. The van der Waals surface area contributed by atoms with Gasteiger partial charge in [0.2, 0.25) is 5.91 Å². The molecule has 9 heteroatoms. The molecule has 2 fully saturated rings. The van der Waals surface area contributed by atoms with Crippen LogP contribution in [0.1, 0.15) is 42.3 Å². The van der Waals surface area contributed by atoms with Gasteiger partial charge in [-0.2, -0.15) is 0 Å². The van der Waals surface area contributed by atoms with E-state index in [1.165, 1.54) is 18.3 Å². The Morgan fingerprint density at radius 1 is 1.23 bits per heavy atom. The molecule has 0 radical (unpaired) electrons. The number of ketones is 1. The number of amides is 2. The van der Waals surface area contributed by atoms with Crippen molar-refractivity contribution < 1.29 is 19.1 Å². The third-order valence-electron chi connectivity index (χ3n) is 5.46. The Balaban J connectivity index is 1.44. The van der Waals surface area contributed by atoms with Gasteiger partial charge in [-0.1, -0.05) is 11.6 Å². The van der Waals surface area contributed by atoms with Crippen molar-refractivity contribution in [2.24, 2.45) is 0 Å². The molecule has 1 atom stereocenters. The van der Waals surface area contributed by atoms with Crippen molar-refractivity contribution in [3.05, 3.63) is 39.5 Å². The van der Waals surface area contributed by atoms with E-state index in [9.17, 15) is 14.4 Å². The smallest absolute Gasteiger partial charge is 0.414 e. The first-order valence-electron chi connectivity index (χ1n) is 10.3. The van der Waals surface area contributed by atoms with Crippen molar-refractivity contribution in [2.75, 3.05) is 34.8 Å². The lowest BCUT2D eigenvalue weighted by Crippen LogP contribution is -2.25. The van der Waals surface area contributed by atoms with E-state index in [1.54, 1.807) is 17.0 Å². The fourth-order valence-electron chi connectivity index (χ4n) is 3.98. The maximum Gasteiger partial charge on any atom is 0.414 e.